The van der Waals surface area contributed by atoms with E-state index in [1.54, 1.807) is 11.3 Å². The van der Waals surface area contributed by atoms with Gasteiger partial charge in [0.05, 0.1) is 13.2 Å². The molecule has 1 aromatic heterocycles. The zero-order valence-electron chi connectivity index (χ0n) is 13.0. The van der Waals surface area contributed by atoms with Gasteiger partial charge in [0, 0.05) is 29.4 Å². The van der Waals surface area contributed by atoms with E-state index in [4.69, 9.17) is 5.11 Å². The smallest absolute Gasteiger partial charge is 0.234 e. The van der Waals surface area contributed by atoms with Gasteiger partial charge in [-0.2, -0.15) is 0 Å². The van der Waals surface area contributed by atoms with Crippen LogP contribution in [0.1, 0.15) is 37.6 Å². The lowest BCUT2D eigenvalue weighted by molar-refractivity contribution is -0.122. The number of nitrogens with zero attached hydrogens (tertiary/aromatic N) is 1. The van der Waals surface area contributed by atoms with Crippen molar-refractivity contribution in [3.8, 4) is 11.8 Å². The molecule has 1 amide bonds. The third kappa shape index (κ3) is 6.76. The molecule has 116 valence electrons. The Balaban J connectivity index is 2.64. The minimum Gasteiger partial charge on any atom is -0.395 e. The molecule has 1 heterocycles. The van der Waals surface area contributed by atoms with Gasteiger partial charge in [0.1, 0.15) is 0 Å². The van der Waals surface area contributed by atoms with E-state index in [-0.39, 0.29) is 18.6 Å². The van der Waals surface area contributed by atoms with Crippen molar-refractivity contribution in [2.45, 2.75) is 39.8 Å². The molecular formula is C16H24N2O2S. The van der Waals surface area contributed by atoms with Gasteiger partial charge in [0.15, 0.2) is 0 Å². The molecule has 0 aliphatic carbocycles. The Morgan fingerprint density at radius 1 is 1.52 bits per heavy atom. The summed E-state index contributed by atoms with van der Waals surface area (Å²) in [6.07, 6.45) is 0.490. The van der Waals surface area contributed by atoms with Crippen LogP contribution in [-0.4, -0.2) is 41.7 Å². The number of nitrogens with one attached hydrogen (secondary N) is 1. The Labute approximate surface area is 131 Å². The molecule has 0 saturated carbocycles. The van der Waals surface area contributed by atoms with E-state index in [1.807, 2.05) is 32.2 Å². The number of aliphatic hydroxyl groups is 1. The van der Waals surface area contributed by atoms with Crippen LogP contribution in [-0.2, 0) is 11.3 Å². The standard InChI is InChI=1S/C16H24N2O2S/c1-4-18(12-16(20)17-13(2)3)11-15-14(8-10-21-15)7-5-6-9-19/h8,10,13,19H,4,6,9,11-12H2,1-3H3,(H,17,20). The van der Waals surface area contributed by atoms with Crippen LogP contribution in [0.25, 0.3) is 0 Å². The van der Waals surface area contributed by atoms with E-state index >= 15 is 0 Å². The number of hydrogen-bond donors (Lipinski definition) is 2. The Hall–Kier alpha value is -1.35. The molecule has 5 heteroatoms. The van der Waals surface area contributed by atoms with Crippen LogP contribution >= 0.6 is 11.3 Å². The highest BCUT2D eigenvalue weighted by molar-refractivity contribution is 7.10. The highest BCUT2D eigenvalue weighted by Crippen LogP contribution is 2.18. The van der Waals surface area contributed by atoms with E-state index in [1.165, 1.54) is 4.88 Å². The second kappa shape index (κ2) is 9.56. The molecule has 0 aliphatic rings. The topological polar surface area (TPSA) is 52.6 Å². The van der Waals surface area contributed by atoms with Gasteiger partial charge in [0.25, 0.3) is 0 Å². The predicted octanol–water partition coefficient (Wildman–Crippen LogP) is 1.83. The summed E-state index contributed by atoms with van der Waals surface area (Å²) in [7, 11) is 0. The van der Waals surface area contributed by atoms with E-state index < -0.39 is 0 Å². The quantitative estimate of drug-likeness (QED) is 0.756. The van der Waals surface area contributed by atoms with Crippen molar-refractivity contribution in [3.63, 3.8) is 0 Å². The largest absolute Gasteiger partial charge is 0.395 e. The number of amides is 1. The highest BCUT2D eigenvalue weighted by atomic mass is 32.1. The molecule has 4 nitrogen and oxygen atoms in total. The molecule has 0 aliphatic heterocycles. The maximum absolute atomic E-state index is 11.8. The fraction of sp³-hybridized carbons (Fsp3) is 0.562. The number of likely N-dealkylation sites (N-methyl/N-ethyl adjacent to an activating group) is 1. The summed E-state index contributed by atoms with van der Waals surface area (Å²) in [5, 5.41) is 13.7. The molecule has 0 atom stereocenters. The van der Waals surface area contributed by atoms with Crippen LogP contribution in [0, 0.1) is 11.8 Å². The van der Waals surface area contributed by atoms with Crippen LogP contribution in [0.2, 0.25) is 0 Å². The van der Waals surface area contributed by atoms with Gasteiger partial charge in [-0.25, -0.2) is 0 Å². The van der Waals surface area contributed by atoms with Crippen molar-refractivity contribution >= 4 is 17.2 Å². The number of aliphatic hydroxyl groups excluding tert-OH is 1. The molecule has 21 heavy (non-hydrogen) atoms. The second-order valence-electron chi connectivity index (χ2n) is 5.06. The molecule has 0 saturated heterocycles. The summed E-state index contributed by atoms with van der Waals surface area (Å²) in [6.45, 7) is 7.99. The van der Waals surface area contributed by atoms with Gasteiger partial charge in [-0.05, 0) is 31.8 Å². The Kier molecular flexibility index (Phi) is 8.06. The summed E-state index contributed by atoms with van der Waals surface area (Å²) in [6, 6.07) is 2.16. The molecule has 0 radical (unpaired) electrons. The van der Waals surface area contributed by atoms with Crippen molar-refractivity contribution in [2.75, 3.05) is 19.7 Å². The van der Waals surface area contributed by atoms with Gasteiger partial charge in [-0.15, -0.1) is 11.3 Å². The van der Waals surface area contributed by atoms with Crippen molar-refractivity contribution in [1.29, 1.82) is 0 Å². The Bertz CT molecular complexity index is 500. The Morgan fingerprint density at radius 3 is 2.90 bits per heavy atom. The number of carbonyl (C=O) groups excluding carboxylic acids is 1. The normalized spacial score (nSPS) is 10.6. The van der Waals surface area contributed by atoms with Crippen molar-refractivity contribution < 1.29 is 9.90 Å². The number of hydrogen-bond acceptors (Lipinski definition) is 4. The highest BCUT2D eigenvalue weighted by Gasteiger charge is 2.12. The van der Waals surface area contributed by atoms with Gasteiger partial charge < -0.3 is 10.4 Å². The van der Waals surface area contributed by atoms with Crippen LogP contribution in [0.15, 0.2) is 11.4 Å². The molecule has 0 unspecified atom stereocenters. The van der Waals surface area contributed by atoms with E-state index in [0.717, 1.165) is 18.7 Å². The summed E-state index contributed by atoms with van der Waals surface area (Å²) < 4.78 is 0. The second-order valence-corrected chi connectivity index (χ2v) is 6.06. The van der Waals surface area contributed by atoms with Crippen LogP contribution in [0.4, 0.5) is 0 Å². The van der Waals surface area contributed by atoms with Crippen LogP contribution < -0.4 is 5.32 Å². The monoisotopic (exact) mass is 308 g/mol. The molecule has 2 N–H and O–H groups in total. The maximum atomic E-state index is 11.8. The van der Waals surface area contributed by atoms with Crippen molar-refractivity contribution in [1.82, 2.24) is 10.2 Å². The first kappa shape index (κ1) is 17.7. The minimum atomic E-state index is 0.0521. The first-order chi connectivity index (χ1) is 10.1. The SMILES string of the molecule is CCN(CC(=O)NC(C)C)Cc1sccc1C#CCCO. The predicted molar refractivity (Wildman–Crippen MR) is 87.1 cm³/mol. The zero-order chi connectivity index (χ0) is 15.7. The van der Waals surface area contributed by atoms with Gasteiger partial charge in [0.2, 0.25) is 5.91 Å². The zero-order valence-corrected chi connectivity index (χ0v) is 13.8. The first-order valence-corrected chi connectivity index (χ1v) is 8.12. The third-order valence-corrected chi connectivity index (χ3v) is 3.74. The van der Waals surface area contributed by atoms with Crippen LogP contribution in [0.3, 0.4) is 0 Å². The lowest BCUT2D eigenvalue weighted by Gasteiger charge is -2.20. The minimum absolute atomic E-state index is 0.0521. The third-order valence-electron chi connectivity index (χ3n) is 2.84. The molecule has 0 aromatic carbocycles. The van der Waals surface area contributed by atoms with E-state index in [9.17, 15) is 4.79 Å². The van der Waals surface area contributed by atoms with Crippen molar-refractivity contribution in [2.24, 2.45) is 0 Å². The van der Waals surface area contributed by atoms with Crippen LogP contribution in [0.5, 0.6) is 0 Å². The fourth-order valence-corrected chi connectivity index (χ4v) is 2.71. The van der Waals surface area contributed by atoms with Crippen molar-refractivity contribution in [3.05, 3.63) is 21.9 Å². The lowest BCUT2D eigenvalue weighted by atomic mass is 10.2. The molecule has 0 fully saturated rings. The summed E-state index contributed by atoms with van der Waals surface area (Å²) >= 11 is 1.65. The number of rotatable bonds is 7. The first-order valence-electron chi connectivity index (χ1n) is 7.24. The molecule has 1 rings (SSSR count). The summed E-state index contributed by atoms with van der Waals surface area (Å²) in [4.78, 5) is 15.1. The van der Waals surface area contributed by atoms with Gasteiger partial charge in [-0.1, -0.05) is 18.8 Å². The Morgan fingerprint density at radius 2 is 2.29 bits per heavy atom. The van der Waals surface area contributed by atoms with Gasteiger partial charge in [-0.3, -0.25) is 9.69 Å². The summed E-state index contributed by atoms with van der Waals surface area (Å²) in [5.41, 5.74) is 0.996. The van der Waals surface area contributed by atoms with E-state index in [2.05, 4.69) is 22.1 Å². The average molecular weight is 308 g/mol. The molecule has 0 spiro atoms. The molecular weight excluding hydrogens is 284 g/mol. The summed E-state index contributed by atoms with van der Waals surface area (Å²) in [5.74, 6) is 6.08. The number of carbonyl (C=O) groups is 1. The van der Waals surface area contributed by atoms with E-state index in [0.29, 0.717) is 13.0 Å². The average Bonchev–Trinajstić information content (AvgIpc) is 2.84. The molecule has 1 aromatic rings. The maximum Gasteiger partial charge on any atom is 0.234 e. The fourth-order valence-electron chi connectivity index (χ4n) is 1.84. The van der Waals surface area contributed by atoms with Gasteiger partial charge >= 0.3 is 0 Å². The number of thiophene rings is 1. The molecule has 0 bridgehead atoms. The lowest BCUT2D eigenvalue weighted by Crippen LogP contribution is -2.39.